The first-order valence-corrected chi connectivity index (χ1v) is 13.9. The van der Waals surface area contributed by atoms with E-state index in [0.717, 1.165) is 11.5 Å². The van der Waals surface area contributed by atoms with E-state index in [-0.39, 0.29) is 11.5 Å². The molecule has 5 aromatic rings. The Bertz CT molecular complexity index is 1510. The highest BCUT2D eigenvalue weighted by molar-refractivity contribution is 7.80. The summed E-state index contributed by atoms with van der Waals surface area (Å²) in [6, 6.07) is 39.8. The van der Waals surface area contributed by atoms with Gasteiger partial charge in [-0.05, 0) is 56.9 Å². The van der Waals surface area contributed by atoms with Crippen LogP contribution in [-0.2, 0) is 4.74 Å². The fourth-order valence-electron chi connectivity index (χ4n) is 5.01. The van der Waals surface area contributed by atoms with E-state index in [0.29, 0.717) is 6.61 Å². The van der Waals surface area contributed by atoms with E-state index in [2.05, 4.69) is 130 Å². The summed E-state index contributed by atoms with van der Waals surface area (Å²) in [7, 11) is -0.886. The lowest BCUT2D eigenvalue weighted by Gasteiger charge is -2.25. The van der Waals surface area contributed by atoms with Gasteiger partial charge in [0.05, 0.1) is 6.04 Å². The molecule has 36 heavy (non-hydrogen) atoms. The van der Waals surface area contributed by atoms with Crippen molar-refractivity contribution in [3.63, 3.8) is 0 Å². The minimum Gasteiger partial charge on any atom is -0.475 e. The topological polar surface area (TPSA) is 21.6 Å². The highest BCUT2D eigenvalue weighted by Crippen LogP contribution is 2.40. The minimum absolute atomic E-state index is 0.0622. The predicted octanol–water partition coefficient (Wildman–Crippen LogP) is 6.94. The van der Waals surface area contributed by atoms with Gasteiger partial charge in [-0.2, -0.15) is 0 Å². The van der Waals surface area contributed by atoms with E-state index in [1.165, 1.54) is 37.5 Å². The first-order chi connectivity index (χ1) is 17.5. The summed E-state index contributed by atoms with van der Waals surface area (Å²) in [4.78, 5) is 5.09. The van der Waals surface area contributed by atoms with E-state index in [1.807, 2.05) is 0 Å². The molecule has 0 radical (unpaired) electrons. The van der Waals surface area contributed by atoms with Gasteiger partial charge in [-0.15, -0.1) is 0 Å². The molecular weight excluding hydrogens is 457 g/mol. The van der Waals surface area contributed by atoms with Gasteiger partial charge in [0, 0.05) is 5.56 Å². The van der Waals surface area contributed by atoms with Crippen molar-refractivity contribution in [3.05, 3.63) is 115 Å². The number of hydrogen-bond donors (Lipinski definition) is 0. The van der Waals surface area contributed by atoms with Crippen molar-refractivity contribution >= 4 is 51.3 Å². The number of hydrogen-bond acceptors (Lipinski definition) is 2. The van der Waals surface area contributed by atoms with Crippen LogP contribution in [0.3, 0.4) is 0 Å². The Morgan fingerprint density at radius 1 is 0.639 bits per heavy atom. The highest BCUT2D eigenvalue weighted by Gasteiger charge is 2.33. The zero-order chi connectivity index (χ0) is 24.7. The van der Waals surface area contributed by atoms with Gasteiger partial charge < -0.3 is 4.74 Å². The summed E-state index contributed by atoms with van der Waals surface area (Å²) in [5, 5.41) is 9.14. The summed E-state index contributed by atoms with van der Waals surface area (Å²) in [5.74, 6) is 0.776. The summed E-state index contributed by atoms with van der Waals surface area (Å²) in [6.45, 7) is 7.34. The molecule has 0 spiro atoms. The smallest absolute Gasteiger partial charge is 0.217 e. The quantitative estimate of drug-likeness (QED) is 0.252. The number of rotatable bonds is 4. The fraction of sp³-hybridized carbons (Fsp3) is 0.182. The normalized spacial score (nSPS) is 15.9. The van der Waals surface area contributed by atoms with Crippen LogP contribution in [0, 0.1) is 5.41 Å². The lowest BCUT2D eigenvalue weighted by atomic mass is 9.88. The lowest BCUT2D eigenvalue weighted by Crippen LogP contribution is -2.26. The van der Waals surface area contributed by atoms with Crippen molar-refractivity contribution in [1.29, 1.82) is 0 Å². The number of aliphatic imine (C=N–C) groups is 1. The van der Waals surface area contributed by atoms with Gasteiger partial charge in [-0.25, -0.2) is 4.99 Å². The van der Waals surface area contributed by atoms with Crippen molar-refractivity contribution < 1.29 is 4.74 Å². The largest absolute Gasteiger partial charge is 0.475 e. The van der Waals surface area contributed by atoms with Crippen LogP contribution in [0.5, 0.6) is 0 Å². The number of fused-ring (bicyclic) bond motifs is 2. The molecule has 178 valence electrons. The second-order valence-electron chi connectivity index (χ2n) is 10.5. The van der Waals surface area contributed by atoms with E-state index in [4.69, 9.17) is 9.73 Å². The maximum absolute atomic E-state index is 6.28. The molecule has 6 rings (SSSR count). The van der Waals surface area contributed by atoms with E-state index < -0.39 is 7.92 Å². The van der Waals surface area contributed by atoms with Crippen LogP contribution in [0.2, 0.25) is 0 Å². The summed E-state index contributed by atoms with van der Waals surface area (Å²) < 4.78 is 6.28. The molecule has 1 heterocycles. The van der Waals surface area contributed by atoms with Crippen LogP contribution in [0.25, 0.3) is 21.5 Å². The SMILES string of the molecule is CC(C)(C)[C@H]1COC(c2ccccc2P(c2cccc3ccccc23)c2cccc3ccccc23)=N1. The van der Waals surface area contributed by atoms with Gasteiger partial charge >= 0.3 is 0 Å². The monoisotopic (exact) mass is 487 g/mol. The number of nitrogens with zero attached hydrogens (tertiary/aromatic N) is 1. The van der Waals surface area contributed by atoms with Gasteiger partial charge in [0.1, 0.15) is 6.61 Å². The Hall–Kier alpha value is -3.48. The van der Waals surface area contributed by atoms with Crippen LogP contribution in [0.4, 0.5) is 0 Å². The van der Waals surface area contributed by atoms with Crippen molar-refractivity contribution in [2.75, 3.05) is 6.61 Å². The van der Waals surface area contributed by atoms with Crippen LogP contribution >= 0.6 is 7.92 Å². The Balaban J connectivity index is 1.63. The minimum atomic E-state index is -0.886. The molecule has 1 aliphatic heterocycles. The van der Waals surface area contributed by atoms with Crippen molar-refractivity contribution in [2.45, 2.75) is 26.8 Å². The molecule has 0 unspecified atom stereocenters. The third-order valence-electron chi connectivity index (χ3n) is 7.04. The molecular formula is C33H30NOP. The van der Waals surface area contributed by atoms with Crippen LogP contribution in [-0.4, -0.2) is 18.5 Å². The van der Waals surface area contributed by atoms with Crippen LogP contribution in [0.15, 0.2) is 114 Å². The average molecular weight is 488 g/mol. The Morgan fingerprint density at radius 3 is 1.72 bits per heavy atom. The number of ether oxygens (including phenoxy) is 1. The molecule has 0 saturated heterocycles. The summed E-state index contributed by atoms with van der Waals surface area (Å²) in [6.07, 6.45) is 0. The predicted molar refractivity (Wildman–Crippen MR) is 156 cm³/mol. The summed E-state index contributed by atoms with van der Waals surface area (Å²) in [5.41, 5.74) is 1.17. The first kappa shape index (κ1) is 23.0. The molecule has 3 heteroatoms. The number of benzene rings is 5. The molecule has 0 aromatic heterocycles. The standard InChI is InChI=1S/C33H30NOP/c1-33(2,3)31-22-35-32(34-31)27-18-8-9-19-30(27)36(28-20-10-14-23-12-4-6-16-25(23)28)29-21-11-15-24-13-5-7-17-26(24)29/h4-21,31H,22H2,1-3H3/t31-/m1/s1. The Kier molecular flexibility index (Phi) is 5.86. The maximum atomic E-state index is 6.28. The van der Waals surface area contributed by atoms with Crippen molar-refractivity contribution in [2.24, 2.45) is 10.4 Å². The Labute approximate surface area is 214 Å². The molecule has 0 saturated carbocycles. The second-order valence-corrected chi connectivity index (χ2v) is 12.6. The van der Waals surface area contributed by atoms with E-state index in [9.17, 15) is 0 Å². The molecule has 0 aliphatic carbocycles. The molecule has 5 aromatic carbocycles. The molecule has 0 fully saturated rings. The van der Waals surface area contributed by atoms with Crippen molar-refractivity contribution in [1.82, 2.24) is 0 Å². The molecule has 2 nitrogen and oxygen atoms in total. The van der Waals surface area contributed by atoms with Crippen LogP contribution < -0.4 is 15.9 Å². The fourth-order valence-corrected chi connectivity index (χ4v) is 7.79. The highest BCUT2D eigenvalue weighted by atomic mass is 31.1. The zero-order valence-corrected chi connectivity index (χ0v) is 21.9. The maximum Gasteiger partial charge on any atom is 0.217 e. The third kappa shape index (κ3) is 4.10. The lowest BCUT2D eigenvalue weighted by molar-refractivity contribution is 0.236. The van der Waals surface area contributed by atoms with E-state index >= 15 is 0 Å². The molecule has 1 aliphatic rings. The second kappa shape index (κ2) is 9.19. The van der Waals surface area contributed by atoms with Gasteiger partial charge in [0.15, 0.2) is 0 Å². The molecule has 0 amide bonds. The first-order valence-electron chi connectivity index (χ1n) is 12.6. The van der Waals surface area contributed by atoms with Gasteiger partial charge in [-0.1, -0.05) is 124 Å². The molecule has 1 atom stereocenters. The van der Waals surface area contributed by atoms with Gasteiger partial charge in [0.2, 0.25) is 5.90 Å². The summed E-state index contributed by atoms with van der Waals surface area (Å²) >= 11 is 0. The molecule has 0 bridgehead atoms. The molecule has 0 N–H and O–H groups in total. The van der Waals surface area contributed by atoms with Gasteiger partial charge in [-0.3, -0.25) is 0 Å². The van der Waals surface area contributed by atoms with Crippen LogP contribution in [0.1, 0.15) is 26.3 Å². The average Bonchev–Trinajstić information content (AvgIpc) is 3.41. The zero-order valence-electron chi connectivity index (χ0n) is 21.0. The van der Waals surface area contributed by atoms with E-state index in [1.54, 1.807) is 0 Å². The Morgan fingerprint density at radius 2 is 1.14 bits per heavy atom. The van der Waals surface area contributed by atoms with Crippen molar-refractivity contribution in [3.8, 4) is 0 Å². The van der Waals surface area contributed by atoms with Gasteiger partial charge in [0.25, 0.3) is 0 Å². The third-order valence-corrected chi connectivity index (χ3v) is 9.66.